The van der Waals surface area contributed by atoms with Gasteiger partial charge >= 0.3 is 0 Å². The molecule has 10 nitrogen and oxygen atoms in total. The van der Waals surface area contributed by atoms with Gasteiger partial charge in [-0.3, -0.25) is 14.4 Å². The highest BCUT2D eigenvalue weighted by atomic mass is 32.2. The van der Waals surface area contributed by atoms with E-state index in [0.29, 0.717) is 28.4 Å². The van der Waals surface area contributed by atoms with Gasteiger partial charge in [0.25, 0.3) is 21.8 Å². The number of furan rings is 1. The van der Waals surface area contributed by atoms with Gasteiger partial charge in [-0.05, 0) is 44.7 Å². The Morgan fingerprint density at radius 3 is 2.73 bits per heavy atom. The molecule has 2 N–H and O–H groups in total. The third-order valence-corrected chi connectivity index (χ3v) is 9.24. The number of hydrogen-bond donors (Lipinski definition) is 2. The van der Waals surface area contributed by atoms with Crippen molar-refractivity contribution in [1.29, 1.82) is 0 Å². The first-order valence-electron chi connectivity index (χ1n) is 12.1. The zero-order valence-electron chi connectivity index (χ0n) is 20.9. The largest absolute Gasteiger partial charge is 0.451 e. The standard InChI is InChI=1S/C25H30N4O6S2/c1-15(2)13-18(28-23(31)22-16(3)17-7-4-5-9-21(17)35-22)24(32)29(19-8-6-10-26-14-20(19)30)37(33,34)25-27-11-12-36-25/h4-5,7,9,11-12,15,18-19,26H,6,8,10,13-14H2,1-3H3,(H,28,31)/t18?,19-/m0/s1. The fourth-order valence-corrected chi connectivity index (χ4v) is 7.02. The van der Waals surface area contributed by atoms with Gasteiger partial charge in [-0.1, -0.05) is 32.0 Å². The molecular weight excluding hydrogens is 516 g/mol. The van der Waals surface area contributed by atoms with Crippen molar-refractivity contribution in [2.45, 2.75) is 56.5 Å². The number of aromatic nitrogens is 1. The number of hydrogen-bond acceptors (Lipinski definition) is 9. The number of para-hydroxylation sites is 1. The topological polar surface area (TPSA) is 139 Å². The van der Waals surface area contributed by atoms with Crippen molar-refractivity contribution < 1.29 is 27.2 Å². The van der Waals surface area contributed by atoms with Gasteiger partial charge in [0.2, 0.25) is 4.34 Å². The summed E-state index contributed by atoms with van der Waals surface area (Å²) in [7, 11) is -4.45. The molecule has 198 valence electrons. The van der Waals surface area contributed by atoms with Crippen LogP contribution in [0, 0.1) is 12.8 Å². The summed E-state index contributed by atoms with van der Waals surface area (Å²) >= 11 is 0.865. The molecule has 3 heterocycles. The highest BCUT2D eigenvalue weighted by Gasteiger charge is 2.44. The number of thiazole rings is 1. The Morgan fingerprint density at radius 2 is 2.05 bits per heavy atom. The van der Waals surface area contributed by atoms with Crippen LogP contribution in [0.15, 0.2) is 44.6 Å². The van der Waals surface area contributed by atoms with E-state index < -0.39 is 39.7 Å². The molecule has 0 bridgehead atoms. The molecule has 0 spiro atoms. The van der Waals surface area contributed by atoms with E-state index in [0.717, 1.165) is 16.7 Å². The van der Waals surface area contributed by atoms with Crippen LogP contribution in [0.3, 0.4) is 0 Å². The first-order chi connectivity index (χ1) is 17.6. The van der Waals surface area contributed by atoms with E-state index in [9.17, 15) is 22.8 Å². The highest BCUT2D eigenvalue weighted by Crippen LogP contribution is 2.27. The Hall–Kier alpha value is -3.09. The van der Waals surface area contributed by atoms with Crippen molar-refractivity contribution in [3.63, 3.8) is 0 Å². The van der Waals surface area contributed by atoms with Crippen molar-refractivity contribution in [3.05, 3.63) is 47.2 Å². The summed E-state index contributed by atoms with van der Waals surface area (Å²) in [6.45, 7) is 5.94. The molecule has 0 aliphatic carbocycles. The average molecular weight is 547 g/mol. The van der Waals surface area contributed by atoms with Crippen LogP contribution in [0.1, 0.15) is 49.2 Å². The van der Waals surface area contributed by atoms with Crippen LogP contribution in [-0.4, -0.2) is 60.5 Å². The van der Waals surface area contributed by atoms with Crippen LogP contribution >= 0.6 is 11.3 Å². The number of sulfonamides is 1. The minimum absolute atomic E-state index is 0.0480. The van der Waals surface area contributed by atoms with E-state index >= 15 is 0 Å². The van der Waals surface area contributed by atoms with Gasteiger partial charge in [-0.25, -0.2) is 9.29 Å². The number of fused-ring (bicyclic) bond motifs is 1. The molecule has 2 amide bonds. The first-order valence-corrected chi connectivity index (χ1v) is 14.4. The monoisotopic (exact) mass is 546 g/mol. The van der Waals surface area contributed by atoms with E-state index in [1.165, 1.54) is 11.6 Å². The Kier molecular flexibility index (Phi) is 8.10. The second-order valence-electron chi connectivity index (χ2n) is 9.45. The molecule has 0 saturated carbocycles. The molecule has 12 heteroatoms. The molecule has 1 aliphatic rings. The predicted octanol–water partition coefficient (Wildman–Crippen LogP) is 2.88. The molecule has 1 aliphatic heterocycles. The van der Waals surface area contributed by atoms with Gasteiger partial charge in [0.15, 0.2) is 11.5 Å². The summed E-state index contributed by atoms with van der Waals surface area (Å²) in [6, 6.07) is 4.78. The molecule has 1 aromatic carbocycles. The number of ketones is 1. The molecule has 1 saturated heterocycles. The maximum absolute atomic E-state index is 14.0. The lowest BCUT2D eigenvalue weighted by Gasteiger charge is -2.32. The van der Waals surface area contributed by atoms with Crippen LogP contribution in [0.4, 0.5) is 0 Å². The van der Waals surface area contributed by atoms with Gasteiger partial charge in [-0.15, -0.1) is 11.3 Å². The van der Waals surface area contributed by atoms with Gasteiger partial charge < -0.3 is 15.1 Å². The SMILES string of the molecule is Cc1c(C(=O)NC(CC(C)C)C(=O)N([C@H]2CCCNCC2=O)S(=O)(=O)c2nccs2)oc2ccccc12. The Bertz CT molecular complexity index is 1400. The van der Waals surface area contributed by atoms with Crippen molar-refractivity contribution in [2.75, 3.05) is 13.1 Å². The zero-order valence-corrected chi connectivity index (χ0v) is 22.5. The minimum atomic E-state index is -4.45. The first kappa shape index (κ1) is 27.0. The number of carbonyl (C=O) groups is 3. The van der Waals surface area contributed by atoms with Crippen LogP contribution in [0.25, 0.3) is 11.0 Å². The molecule has 2 atom stereocenters. The number of aryl methyl sites for hydroxylation is 1. The number of nitrogens with zero attached hydrogens (tertiary/aromatic N) is 2. The van der Waals surface area contributed by atoms with Gasteiger partial charge in [0.1, 0.15) is 17.7 Å². The zero-order chi connectivity index (χ0) is 26.7. The summed E-state index contributed by atoms with van der Waals surface area (Å²) in [5.74, 6) is -1.93. The lowest BCUT2D eigenvalue weighted by atomic mass is 10.0. The van der Waals surface area contributed by atoms with E-state index in [4.69, 9.17) is 4.42 Å². The number of rotatable bonds is 8. The second-order valence-corrected chi connectivity index (χ2v) is 12.3. The van der Waals surface area contributed by atoms with E-state index in [1.54, 1.807) is 19.1 Å². The quantitative estimate of drug-likeness (QED) is 0.440. The van der Waals surface area contributed by atoms with Crippen LogP contribution in [-0.2, 0) is 19.6 Å². The van der Waals surface area contributed by atoms with Crippen LogP contribution in [0.5, 0.6) is 0 Å². The maximum Gasteiger partial charge on any atom is 0.294 e. The van der Waals surface area contributed by atoms with Crippen LogP contribution < -0.4 is 10.6 Å². The van der Waals surface area contributed by atoms with Crippen molar-refractivity contribution in [3.8, 4) is 0 Å². The third-order valence-electron chi connectivity index (χ3n) is 6.25. The summed E-state index contributed by atoms with van der Waals surface area (Å²) in [5.41, 5.74) is 1.14. The molecule has 1 fully saturated rings. The number of nitrogens with one attached hydrogen (secondary N) is 2. The molecule has 4 rings (SSSR count). The Balaban J connectivity index is 1.72. The van der Waals surface area contributed by atoms with Crippen molar-refractivity contribution in [1.82, 2.24) is 19.9 Å². The fraction of sp³-hybridized carbons (Fsp3) is 0.440. The molecule has 2 aromatic heterocycles. The molecule has 37 heavy (non-hydrogen) atoms. The third kappa shape index (κ3) is 5.60. The molecular formula is C25H30N4O6S2. The molecule has 1 unspecified atom stereocenters. The maximum atomic E-state index is 14.0. The highest BCUT2D eigenvalue weighted by molar-refractivity contribution is 7.91. The van der Waals surface area contributed by atoms with Gasteiger partial charge in [0, 0.05) is 22.5 Å². The number of carbonyl (C=O) groups excluding carboxylic acids is 3. The summed E-state index contributed by atoms with van der Waals surface area (Å²) in [4.78, 5) is 44.2. The van der Waals surface area contributed by atoms with Crippen molar-refractivity contribution >= 4 is 49.9 Å². The van der Waals surface area contributed by atoms with E-state index in [2.05, 4.69) is 15.6 Å². The predicted molar refractivity (Wildman–Crippen MR) is 139 cm³/mol. The molecule has 0 radical (unpaired) electrons. The van der Waals surface area contributed by atoms with Crippen LogP contribution in [0.2, 0.25) is 0 Å². The molecule has 3 aromatic rings. The normalized spacial score (nSPS) is 17.5. The Morgan fingerprint density at radius 1 is 1.30 bits per heavy atom. The summed E-state index contributed by atoms with van der Waals surface area (Å²) in [5, 5.41) is 7.92. The smallest absolute Gasteiger partial charge is 0.294 e. The Labute approximate surface area is 219 Å². The second kappa shape index (κ2) is 11.1. The van der Waals surface area contributed by atoms with Gasteiger partial charge in [-0.2, -0.15) is 8.42 Å². The number of benzene rings is 1. The fourth-order valence-electron chi connectivity index (χ4n) is 4.48. The lowest BCUT2D eigenvalue weighted by molar-refractivity contribution is -0.135. The minimum Gasteiger partial charge on any atom is -0.451 e. The number of amides is 2. The number of Topliss-reactive ketones (excluding diaryl/α,β-unsaturated/α-hetero) is 1. The lowest BCUT2D eigenvalue weighted by Crippen LogP contribution is -2.56. The van der Waals surface area contributed by atoms with Crippen molar-refractivity contribution in [2.24, 2.45) is 5.92 Å². The van der Waals surface area contributed by atoms with Gasteiger partial charge in [0.05, 0.1) is 6.54 Å². The van der Waals surface area contributed by atoms with E-state index in [1.807, 2.05) is 26.0 Å². The summed E-state index contributed by atoms with van der Waals surface area (Å²) < 4.78 is 33.4. The summed E-state index contributed by atoms with van der Waals surface area (Å²) in [6.07, 6.45) is 2.17. The average Bonchev–Trinajstić information content (AvgIpc) is 3.46. The van der Waals surface area contributed by atoms with E-state index in [-0.39, 0.29) is 35.4 Å².